The summed E-state index contributed by atoms with van der Waals surface area (Å²) in [5.74, 6) is 0. The van der Waals surface area contributed by atoms with Gasteiger partial charge in [0.15, 0.2) is 0 Å². The fourth-order valence-electron chi connectivity index (χ4n) is 6.61. The molecule has 2 heterocycles. The van der Waals surface area contributed by atoms with E-state index in [1.807, 2.05) is 0 Å². The first-order chi connectivity index (χ1) is 21.6. The van der Waals surface area contributed by atoms with Crippen LogP contribution >= 0.6 is 0 Å². The minimum absolute atomic E-state index is 0. The van der Waals surface area contributed by atoms with Crippen LogP contribution in [0.5, 0.6) is 0 Å². The van der Waals surface area contributed by atoms with E-state index in [4.69, 9.17) is 9.97 Å². The zero-order valence-electron chi connectivity index (χ0n) is 27.3. The summed E-state index contributed by atoms with van der Waals surface area (Å²) in [6, 6.07) is 50.1. The molecule has 0 bridgehead atoms. The zero-order valence-corrected chi connectivity index (χ0v) is 29.5. The maximum atomic E-state index is 5.43. The van der Waals surface area contributed by atoms with E-state index in [-0.39, 0.29) is 46.7 Å². The van der Waals surface area contributed by atoms with E-state index in [2.05, 4.69) is 175 Å². The van der Waals surface area contributed by atoms with Crippen LogP contribution in [0.2, 0.25) is 0 Å². The van der Waals surface area contributed by atoms with Gasteiger partial charge in [-0.3, -0.25) is 9.97 Å². The second kappa shape index (κ2) is 13.8. The van der Waals surface area contributed by atoms with Crippen LogP contribution in [0, 0.1) is 12.1 Å². The van der Waals surface area contributed by atoms with Crippen LogP contribution < -0.4 is 0 Å². The number of aromatic nitrogens is 2. The van der Waals surface area contributed by atoms with Crippen LogP contribution in [0.15, 0.2) is 121 Å². The van der Waals surface area contributed by atoms with Crippen molar-refractivity contribution < 1.29 is 21.1 Å². The van der Waals surface area contributed by atoms with Crippen molar-refractivity contribution in [1.29, 1.82) is 0 Å². The van der Waals surface area contributed by atoms with Crippen molar-refractivity contribution >= 4 is 0 Å². The van der Waals surface area contributed by atoms with Crippen LogP contribution in [0.1, 0.15) is 90.0 Å². The summed E-state index contributed by atoms with van der Waals surface area (Å²) in [4.78, 5) is 10.9. The Morgan fingerprint density at radius 3 is 1.23 bits per heavy atom. The average Bonchev–Trinajstić information content (AvgIpc) is 3.35. The molecule has 0 saturated heterocycles. The van der Waals surface area contributed by atoms with Gasteiger partial charge < -0.3 is 0 Å². The van der Waals surface area contributed by atoms with Crippen LogP contribution in [0.4, 0.5) is 0 Å². The molecule has 2 nitrogen and oxygen atoms in total. The third-order valence-electron chi connectivity index (χ3n) is 9.13. The number of rotatable bonds is 4. The molecule has 6 aromatic rings. The number of nitrogens with zero attached hydrogens (tertiary/aromatic N) is 2. The van der Waals surface area contributed by atoms with Crippen LogP contribution in [-0.2, 0) is 37.3 Å². The fourth-order valence-corrected chi connectivity index (χ4v) is 6.61. The Balaban J connectivity index is 0.00000173. The molecule has 0 atom stereocenters. The van der Waals surface area contributed by atoms with Gasteiger partial charge in [-0.25, -0.2) is 0 Å². The van der Waals surface area contributed by atoms with Gasteiger partial charge in [0.05, 0.1) is 11.4 Å². The Morgan fingerprint density at radius 1 is 0.479 bits per heavy atom. The topological polar surface area (TPSA) is 25.8 Å². The predicted octanol–water partition coefficient (Wildman–Crippen LogP) is 11.6. The van der Waals surface area contributed by atoms with E-state index in [0.717, 1.165) is 33.9 Å². The van der Waals surface area contributed by atoms with Crippen molar-refractivity contribution in [2.45, 2.75) is 72.6 Å². The molecule has 0 radical (unpaired) electrons. The predicted molar refractivity (Wildman–Crippen MR) is 199 cm³/mol. The SMILES string of the molecule is C.C.CC(C)(C)c1c[c-]c(-c2cccc(C3(c4cccc(-c5[c-]cc(C(C)(C)C)cc5)n4)c4ccccc4-c4ccccc43)n2)cc1.[Pt+2]. The van der Waals surface area contributed by atoms with Crippen molar-refractivity contribution in [2.24, 2.45) is 0 Å². The molecule has 3 heteroatoms. The molecule has 1 aliphatic carbocycles. The summed E-state index contributed by atoms with van der Waals surface area (Å²) < 4.78 is 0. The molecule has 0 amide bonds. The maximum absolute atomic E-state index is 5.43. The van der Waals surface area contributed by atoms with Gasteiger partial charge in [0.25, 0.3) is 0 Å². The van der Waals surface area contributed by atoms with Gasteiger partial charge in [0, 0.05) is 0 Å². The minimum atomic E-state index is -0.699. The van der Waals surface area contributed by atoms with Gasteiger partial charge in [-0.15, -0.1) is 70.8 Å². The molecule has 0 fully saturated rings. The Bertz CT molecular complexity index is 1860. The second-order valence-electron chi connectivity index (χ2n) is 14.1. The average molecular weight is 810 g/mol. The number of pyridine rings is 2. The number of hydrogen-bond acceptors (Lipinski definition) is 2. The van der Waals surface area contributed by atoms with E-state index in [9.17, 15) is 0 Å². The Hall–Kier alpha value is -4.13. The van der Waals surface area contributed by atoms with Crippen LogP contribution in [-0.4, -0.2) is 9.97 Å². The molecule has 0 saturated carbocycles. The molecular formula is C45H46N2Pt. The smallest absolute Gasteiger partial charge is 0.300 e. The molecule has 48 heavy (non-hydrogen) atoms. The molecule has 1 aliphatic rings. The number of hydrogen-bond donors (Lipinski definition) is 0. The molecule has 0 spiro atoms. The second-order valence-corrected chi connectivity index (χ2v) is 14.1. The summed E-state index contributed by atoms with van der Waals surface area (Å²) in [5, 5.41) is 0. The summed E-state index contributed by atoms with van der Waals surface area (Å²) in [6.45, 7) is 13.4. The van der Waals surface area contributed by atoms with Crippen molar-refractivity contribution in [1.82, 2.24) is 9.97 Å². The van der Waals surface area contributed by atoms with Crippen molar-refractivity contribution in [3.63, 3.8) is 0 Å². The molecule has 7 rings (SSSR count). The molecule has 0 aliphatic heterocycles. The van der Waals surface area contributed by atoms with Crippen molar-refractivity contribution in [2.75, 3.05) is 0 Å². The van der Waals surface area contributed by atoms with Crippen LogP contribution in [0.3, 0.4) is 0 Å². The summed E-state index contributed by atoms with van der Waals surface area (Å²) in [6.07, 6.45) is 0. The van der Waals surface area contributed by atoms with Crippen molar-refractivity contribution in [3.8, 4) is 33.6 Å². The quantitative estimate of drug-likeness (QED) is 0.166. The first-order valence-corrected chi connectivity index (χ1v) is 15.8. The molecule has 0 unspecified atom stereocenters. The van der Waals surface area contributed by atoms with Gasteiger partial charge in [0.2, 0.25) is 0 Å². The molecule has 246 valence electrons. The van der Waals surface area contributed by atoms with Gasteiger partial charge in [-0.05, 0) is 56.6 Å². The van der Waals surface area contributed by atoms with Gasteiger partial charge in [-0.1, -0.05) is 129 Å². The number of fused-ring (bicyclic) bond motifs is 3. The summed E-state index contributed by atoms with van der Waals surface area (Å²) in [7, 11) is 0. The minimum Gasteiger partial charge on any atom is -0.300 e. The molecule has 4 aromatic carbocycles. The molecule has 0 N–H and O–H groups in total. The first kappa shape index (κ1) is 36.7. The van der Waals surface area contributed by atoms with E-state index >= 15 is 0 Å². The summed E-state index contributed by atoms with van der Waals surface area (Å²) >= 11 is 0. The molecule has 2 aromatic heterocycles. The third-order valence-corrected chi connectivity index (χ3v) is 9.13. The first-order valence-electron chi connectivity index (χ1n) is 15.8. The fraction of sp³-hybridized carbons (Fsp3) is 0.244. The van der Waals surface area contributed by atoms with E-state index < -0.39 is 5.41 Å². The van der Waals surface area contributed by atoms with Gasteiger partial charge in [-0.2, -0.15) is 0 Å². The monoisotopic (exact) mass is 809 g/mol. The normalized spacial score (nSPS) is 12.9. The maximum Gasteiger partial charge on any atom is 2.00 e. The Morgan fingerprint density at radius 2 is 0.875 bits per heavy atom. The van der Waals surface area contributed by atoms with E-state index in [0.29, 0.717) is 0 Å². The third kappa shape index (κ3) is 6.24. The summed E-state index contributed by atoms with van der Waals surface area (Å²) in [5.41, 5.74) is 12.4. The van der Waals surface area contributed by atoms with Gasteiger partial charge in [0.1, 0.15) is 5.41 Å². The van der Waals surface area contributed by atoms with Crippen LogP contribution in [0.25, 0.3) is 33.6 Å². The van der Waals surface area contributed by atoms with E-state index in [1.165, 1.54) is 33.4 Å². The van der Waals surface area contributed by atoms with Gasteiger partial charge >= 0.3 is 21.1 Å². The zero-order chi connectivity index (χ0) is 31.4. The molecular weight excluding hydrogens is 764 g/mol. The Labute approximate surface area is 303 Å². The Kier molecular flexibility index (Phi) is 10.5. The largest absolute Gasteiger partial charge is 2.00 e. The number of benzene rings is 4. The van der Waals surface area contributed by atoms with E-state index in [1.54, 1.807) is 0 Å². The standard InChI is InChI=1S/C43H38N2.2CH4.Pt/c1-41(2,3)31-25-21-29(22-26-31)37-17-11-19-39(44-37)43(35-15-9-7-13-33(35)34-14-8-10-16-36(34)43)40-20-12-18-38(45-40)30-23-27-32(28-24-30)42(4,5)6;;;/h7-21,23,25-28H,1-6H3;2*1H4;/q-2;;;+2. The van der Waals surface area contributed by atoms with Crippen molar-refractivity contribution in [3.05, 3.63) is 167 Å².